The predicted octanol–water partition coefficient (Wildman–Crippen LogP) is 21.4. The molecule has 0 aromatic carbocycles. The fraction of sp³-hybridized carbons (Fsp3) is 0.946. The van der Waals surface area contributed by atoms with Gasteiger partial charge in [0.25, 0.3) is 0 Å². The Labute approximate surface area is 568 Å². The average Bonchev–Trinajstić information content (AvgIpc) is 1.80. The lowest BCUT2D eigenvalue weighted by molar-refractivity contribution is -0.161. The van der Waals surface area contributed by atoms with E-state index < -0.39 is 97.5 Å². The lowest BCUT2D eigenvalue weighted by atomic mass is 10.0. The van der Waals surface area contributed by atoms with Crippen LogP contribution in [0.2, 0.25) is 0 Å². The molecule has 0 aromatic rings. The molecule has 0 rings (SSSR count). The van der Waals surface area contributed by atoms with Crippen molar-refractivity contribution in [3.05, 3.63) is 0 Å². The van der Waals surface area contributed by atoms with Crippen molar-refractivity contribution < 1.29 is 80.2 Å². The monoisotopic (exact) mass is 1370 g/mol. The fourth-order valence-electron chi connectivity index (χ4n) is 11.2. The molecule has 0 bridgehead atoms. The van der Waals surface area contributed by atoms with Crippen LogP contribution < -0.4 is 0 Å². The van der Waals surface area contributed by atoms with Crippen molar-refractivity contribution in [3.63, 3.8) is 0 Å². The summed E-state index contributed by atoms with van der Waals surface area (Å²) in [5.74, 6) is 0.0944. The van der Waals surface area contributed by atoms with Gasteiger partial charge >= 0.3 is 39.5 Å². The van der Waals surface area contributed by atoms with Gasteiger partial charge in [-0.3, -0.25) is 37.3 Å². The minimum absolute atomic E-state index is 0.105. The quantitative estimate of drug-likeness (QED) is 0.0222. The number of hydrogen-bond acceptors (Lipinski definition) is 15. The Morgan fingerprint density at radius 1 is 0.290 bits per heavy atom. The maximum absolute atomic E-state index is 13.1. The highest BCUT2D eigenvalue weighted by Gasteiger charge is 2.30. The van der Waals surface area contributed by atoms with Crippen LogP contribution >= 0.6 is 15.6 Å². The van der Waals surface area contributed by atoms with Crippen molar-refractivity contribution in [2.75, 3.05) is 39.6 Å². The molecule has 93 heavy (non-hydrogen) atoms. The first-order chi connectivity index (χ1) is 44.7. The van der Waals surface area contributed by atoms with E-state index in [-0.39, 0.29) is 25.7 Å². The summed E-state index contributed by atoms with van der Waals surface area (Å²) in [7, 11) is -9.91. The molecule has 2 unspecified atom stereocenters. The van der Waals surface area contributed by atoms with Gasteiger partial charge in [-0.2, -0.15) is 0 Å². The summed E-state index contributed by atoms with van der Waals surface area (Å²) in [6, 6.07) is 0. The number of unbranched alkanes of at least 4 members (excludes halogenated alkanes) is 40. The average molecular weight is 1370 g/mol. The maximum atomic E-state index is 13.1. The molecule has 0 amide bonds. The van der Waals surface area contributed by atoms with Crippen LogP contribution in [0.3, 0.4) is 0 Å². The number of phosphoric ester groups is 2. The number of rotatable bonds is 72. The van der Waals surface area contributed by atoms with Crippen LogP contribution in [0.4, 0.5) is 0 Å². The Morgan fingerprint density at radius 3 is 0.731 bits per heavy atom. The molecule has 0 aromatic heterocycles. The number of aliphatic hydroxyl groups excluding tert-OH is 1. The lowest BCUT2D eigenvalue weighted by Gasteiger charge is -2.21. The molecule has 0 heterocycles. The number of esters is 4. The summed E-state index contributed by atoms with van der Waals surface area (Å²) >= 11 is 0. The molecular weight excluding hydrogens is 1220 g/mol. The van der Waals surface area contributed by atoms with Crippen LogP contribution in [0.1, 0.15) is 376 Å². The summed E-state index contributed by atoms with van der Waals surface area (Å²) in [5.41, 5.74) is 0. The van der Waals surface area contributed by atoms with Gasteiger partial charge in [-0.25, -0.2) is 9.13 Å². The molecule has 0 fully saturated rings. The highest BCUT2D eigenvalue weighted by molar-refractivity contribution is 7.47. The van der Waals surface area contributed by atoms with Crippen LogP contribution in [0.15, 0.2) is 0 Å². The van der Waals surface area contributed by atoms with Crippen LogP contribution in [-0.2, 0) is 65.4 Å². The predicted molar refractivity (Wildman–Crippen MR) is 377 cm³/mol. The molecule has 17 nitrogen and oxygen atoms in total. The van der Waals surface area contributed by atoms with Gasteiger partial charge in [0.1, 0.15) is 19.3 Å². The van der Waals surface area contributed by atoms with E-state index in [4.69, 9.17) is 37.0 Å². The van der Waals surface area contributed by atoms with Crippen molar-refractivity contribution in [2.45, 2.75) is 394 Å². The number of carbonyl (C=O) groups excluding carboxylic acids is 4. The Bertz CT molecular complexity index is 1820. The molecule has 0 radical (unpaired) electrons. The van der Waals surface area contributed by atoms with E-state index in [1.54, 1.807) is 0 Å². The van der Waals surface area contributed by atoms with E-state index in [1.165, 1.54) is 180 Å². The first-order valence-electron chi connectivity index (χ1n) is 38.3. The van der Waals surface area contributed by atoms with Crippen molar-refractivity contribution in [1.29, 1.82) is 0 Å². The molecule has 3 N–H and O–H groups in total. The van der Waals surface area contributed by atoms with Gasteiger partial charge in [0, 0.05) is 25.7 Å². The minimum atomic E-state index is -4.96. The number of hydrogen-bond donors (Lipinski definition) is 3. The third-order valence-corrected chi connectivity index (χ3v) is 19.0. The second-order valence-corrected chi connectivity index (χ2v) is 31.0. The van der Waals surface area contributed by atoms with Crippen LogP contribution in [0, 0.1) is 17.8 Å². The second kappa shape index (κ2) is 64.7. The zero-order chi connectivity index (χ0) is 68.7. The second-order valence-electron chi connectivity index (χ2n) is 28.1. The minimum Gasteiger partial charge on any atom is -0.462 e. The zero-order valence-electron chi connectivity index (χ0n) is 60.7. The highest BCUT2D eigenvalue weighted by atomic mass is 31.2. The summed E-state index contributed by atoms with van der Waals surface area (Å²) < 4.78 is 68.4. The Hall–Kier alpha value is -1.94. The SMILES string of the molecule is CCCCCCCCCCCCCCCCCCC(=O)O[C@H](COC(=O)CCCCCCCCCCCCCC(C)C)COP(=O)(O)OC[C@@H](O)COP(=O)(O)OC[C@@H](COC(=O)CCCCCCCCC(C)C)OC(=O)CCCCCCCCCCCCCC(C)C. The van der Waals surface area contributed by atoms with Crippen molar-refractivity contribution in [1.82, 2.24) is 0 Å². The first-order valence-corrected chi connectivity index (χ1v) is 41.3. The molecule has 0 aliphatic carbocycles. The van der Waals surface area contributed by atoms with Gasteiger partial charge < -0.3 is 33.8 Å². The Morgan fingerprint density at radius 2 is 0.495 bits per heavy atom. The Kier molecular flexibility index (Phi) is 63.4. The molecule has 0 aliphatic heterocycles. The van der Waals surface area contributed by atoms with Crippen molar-refractivity contribution in [3.8, 4) is 0 Å². The van der Waals surface area contributed by atoms with Crippen LogP contribution in [0.5, 0.6) is 0 Å². The third kappa shape index (κ3) is 68.4. The van der Waals surface area contributed by atoms with Gasteiger partial charge in [0.15, 0.2) is 12.2 Å². The topological polar surface area (TPSA) is 237 Å². The first kappa shape index (κ1) is 91.1. The normalized spacial score (nSPS) is 14.1. The molecule has 0 aliphatic rings. The highest BCUT2D eigenvalue weighted by Crippen LogP contribution is 2.45. The molecular formula is C74H144O17P2. The van der Waals surface area contributed by atoms with E-state index in [0.29, 0.717) is 31.6 Å². The lowest BCUT2D eigenvalue weighted by Crippen LogP contribution is -2.30. The molecule has 19 heteroatoms. The van der Waals surface area contributed by atoms with Gasteiger partial charge in [-0.1, -0.05) is 325 Å². The fourth-order valence-corrected chi connectivity index (χ4v) is 12.8. The summed E-state index contributed by atoms with van der Waals surface area (Å²) in [6.45, 7) is 11.8. The van der Waals surface area contributed by atoms with E-state index >= 15 is 0 Å². The number of ether oxygens (including phenoxy) is 4. The smallest absolute Gasteiger partial charge is 0.462 e. The number of phosphoric acid groups is 2. The van der Waals surface area contributed by atoms with Gasteiger partial charge in [0.05, 0.1) is 26.4 Å². The summed E-state index contributed by atoms with van der Waals surface area (Å²) in [5, 5.41) is 10.6. The molecule has 552 valence electrons. The molecule has 0 saturated heterocycles. The van der Waals surface area contributed by atoms with Crippen molar-refractivity contribution >= 4 is 39.5 Å². The number of carbonyl (C=O) groups is 4. The molecule has 0 saturated carbocycles. The van der Waals surface area contributed by atoms with Gasteiger partial charge in [-0.15, -0.1) is 0 Å². The van der Waals surface area contributed by atoms with E-state index in [1.807, 2.05) is 0 Å². The standard InChI is InChI=1S/C74H144O17P2/c1-8-9-10-11-12-13-14-15-16-17-18-23-29-34-43-50-57-73(78)90-69(61-84-71(76)55-48-41-33-28-24-19-21-26-31-38-45-52-65(2)3)63-88-92(80,81)86-59-68(75)60-87-93(82,83)89-64-70(62-85-72(77)56-49-42-37-36-40-47-54-67(6)7)91-74(79)58-51-44-35-30-25-20-22-27-32-39-46-53-66(4)5/h65-70,75H,8-64H2,1-7H3,(H,80,81)(H,82,83)/t68-,69-,70-/m1/s1. The zero-order valence-corrected chi connectivity index (χ0v) is 62.5. The summed E-state index contributed by atoms with van der Waals surface area (Å²) in [4.78, 5) is 72.7. The third-order valence-electron chi connectivity index (χ3n) is 17.1. The van der Waals surface area contributed by atoms with E-state index in [2.05, 4.69) is 48.5 Å². The number of aliphatic hydroxyl groups is 1. The van der Waals surface area contributed by atoms with Crippen LogP contribution in [-0.4, -0.2) is 96.7 Å². The molecule has 5 atom stereocenters. The van der Waals surface area contributed by atoms with Crippen molar-refractivity contribution in [2.24, 2.45) is 17.8 Å². The van der Waals surface area contributed by atoms with Gasteiger partial charge in [-0.05, 0) is 43.4 Å². The van der Waals surface area contributed by atoms with Gasteiger partial charge in [0.2, 0.25) is 0 Å². The summed E-state index contributed by atoms with van der Waals surface area (Å²) in [6.07, 6.45) is 50.0. The Balaban J connectivity index is 5.24. The van der Waals surface area contributed by atoms with E-state index in [9.17, 15) is 43.2 Å². The van der Waals surface area contributed by atoms with E-state index in [0.717, 1.165) is 108 Å². The largest absolute Gasteiger partial charge is 0.472 e. The molecule has 0 spiro atoms. The maximum Gasteiger partial charge on any atom is 0.472 e. The van der Waals surface area contributed by atoms with Crippen LogP contribution in [0.25, 0.3) is 0 Å².